The first-order valence-electron chi connectivity index (χ1n) is 8.66. The topological polar surface area (TPSA) is 85.6 Å². The van der Waals surface area contributed by atoms with Gasteiger partial charge in [-0.25, -0.2) is 15.0 Å². The Kier molecular flexibility index (Phi) is 4.56. The third-order valence-corrected chi connectivity index (χ3v) is 4.64. The maximum Gasteiger partial charge on any atom is 0.274 e. The Hall–Kier alpha value is -2.52. The lowest BCUT2D eigenvalue weighted by atomic mass is 10.0. The zero-order valence-corrected chi connectivity index (χ0v) is 14.7. The van der Waals surface area contributed by atoms with E-state index in [1.165, 1.54) is 0 Å². The summed E-state index contributed by atoms with van der Waals surface area (Å²) >= 11 is 0. The van der Waals surface area contributed by atoms with Gasteiger partial charge in [0, 0.05) is 38.7 Å². The summed E-state index contributed by atoms with van der Waals surface area (Å²) in [6.07, 6.45) is 6.81. The molecular formula is C17H22N6O3. The van der Waals surface area contributed by atoms with Gasteiger partial charge in [-0.2, -0.15) is 0 Å². The van der Waals surface area contributed by atoms with Crippen molar-refractivity contribution < 1.29 is 14.3 Å². The largest absolute Gasteiger partial charge is 0.376 e. The Morgan fingerprint density at radius 3 is 2.77 bits per heavy atom. The number of ether oxygens (including phenoxy) is 2. The molecule has 26 heavy (non-hydrogen) atoms. The van der Waals surface area contributed by atoms with Gasteiger partial charge in [-0.1, -0.05) is 0 Å². The van der Waals surface area contributed by atoms with Crippen LogP contribution in [0.25, 0.3) is 0 Å². The molecule has 9 nitrogen and oxygen atoms in total. The number of morpholine rings is 1. The summed E-state index contributed by atoms with van der Waals surface area (Å²) in [6.45, 7) is 3.71. The zero-order valence-electron chi connectivity index (χ0n) is 14.7. The SMILES string of the molecule is Cn1cnc(C(=O)N2CCOC3(COCCN(c4ncccn4)C3)C2)c1. The van der Waals surface area contributed by atoms with Gasteiger partial charge < -0.3 is 23.8 Å². The second kappa shape index (κ2) is 7.00. The molecule has 2 aliphatic rings. The minimum atomic E-state index is -0.599. The van der Waals surface area contributed by atoms with Crippen molar-refractivity contribution in [3.8, 4) is 0 Å². The van der Waals surface area contributed by atoms with Crippen molar-refractivity contribution >= 4 is 11.9 Å². The second-order valence-electron chi connectivity index (χ2n) is 6.71. The number of hydrogen-bond acceptors (Lipinski definition) is 7. The first-order chi connectivity index (χ1) is 12.7. The molecule has 0 aromatic carbocycles. The van der Waals surface area contributed by atoms with E-state index >= 15 is 0 Å². The van der Waals surface area contributed by atoms with Crippen LogP contribution in [0.2, 0.25) is 0 Å². The molecule has 9 heteroatoms. The lowest BCUT2D eigenvalue weighted by molar-refractivity contribution is -0.124. The fourth-order valence-electron chi connectivity index (χ4n) is 3.42. The molecule has 4 rings (SSSR count). The van der Waals surface area contributed by atoms with E-state index in [1.54, 1.807) is 40.5 Å². The average molecular weight is 358 g/mol. The Bertz CT molecular complexity index is 767. The fraction of sp³-hybridized carbons (Fsp3) is 0.529. The normalized spacial score (nSPS) is 23.9. The number of aromatic nitrogens is 4. The van der Waals surface area contributed by atoms with E-state index in [-0.39, 0.29) is 5.91 Å². The fourth-order valence-corrected chi connectivity index (χ4v) is 3.42. The monoisotopic (exact) mass is 358 g/mol. The van der Waals surface area contributed by atoms with Gasteiger partial charge in [0.2, 0.25) is 5.95 Å². The quantitative estimate of drug-likeness (QED) is 0.744. The van der Waals surface area contributed by atoms with Crippen molar-refractivity contribution in [2.24, 2.45) is 7.05 Å². The molecule has 4 heterocycles. The third-order valence-electron chi connectivity index (χ3n) is 4.64. The van der Waals surface area contributed by atoms with Crippen LogP contribution in [-0.4, -0.2) is 81.9 Å². The van der Waals surface area contributed by atoms with E-state index in [0.717, 1.165) is 0 Å². The molecule has 2 fully saturated rings. The molecule has 2 aliphatic heterocycles. The first-order valence-corrected chi connectivity index (χ1v) is 8.66. The standard InChI is InChI=1S/C17H22N6O3/c1-21-9-14(20-13-21)15(24)22-6-8-26-17(10-22)11-23(5-7-25-12-17)16-18-3-2-4-19-16/h2-4,9,13H,5-8,10-12H2,1H3. The number of rotatable bonds is 2. The highest BCUT2D eigenvalue weighted by atomic mass is 16.5. The highest BCUT2D eigenvalue weighted by Crippen LogP contribution is 2.25. The second-order valence-corrected chi connectivity index (χ2v) is 6.71. The van der Waals surface area contributed by atoms with Crippen LogP contribution < -0.4 is 4.90 Å². The summed E-state index contributed by atoms with van der Waals surface area (Å²) in [7, 11) is 1.85. The summed E-state index contributed by atoms with van der Waals surface area (Å²) in [5.74, 6) is 0.564. The number of carbonyl (C=O) groups excluding carboxylic acids is 1. The van der Waals surface area contributed by atoms with Crippen LogP contribution in [0.5, 0.6) is 0 Å². The van der Waals surface area contributed by atoms with Crippen molar-refractivity contribution in [2.75, 3.05) is 50.9 Å². The van der Waals surface area contributed by atoms with E-state index in [4.69, 9.17) is 9.47 Å². The number of nitrogens with zero attached hydrogens (tertiary/aromatic N) is 6. The maximum absolute atomic E-state index is 12.8. The van der Waals surface area contributed by atoms with Crippen LogP contribution in [0.15, 0.2) is 31.0 Å². The number of anilines is 1. The van der Waals surface area contributed by atoms with E-state index in [9.17, 15) is 4.79 Å². The molecule has 0 N–H and O–H groups in total. The minimum absolute atomic E-state index is 0.0833. The van der Waals surface area contributed by atoms with Crippen LogP contribution >= 0.6 is 0 Å². The van der Waals surface area contributed by atoms with Crippen molar-refractivity contribution in [1.82, 2.24) is 24.4 Å². The summed E-state index contributed by atoms with van der Waals surface area (Å²) in [5, 5.41) is 0. The average Bonchev–Trinajstić information content (AvgIpc) is 3.00. The van der Waals surface area contributed by atoms with Crippen LogP contribution in [0, 0.1) is 0 Å². The number of hydrogen-bond donors (Lipinski definition) is 0. The predicted molar refractivity (Wildman–Crippen MR) is 92.9 cm³/mol. The van der Waals surface area contributed by atoms with E-state index in [2.05, 4.69) is 19.9 Å². The summed E-state index contributed by atoms with van der Waals surface area (Å²) in [4.78, 5) is 29.5. The first kappa shape index (κ1) is 16.9. The van der Waals surface area contributed by atoms with Crippen molar-refractivity contribution in [2.45, 2.75) is 5.60 Å². The number of aryl methyl sites for hydroxylation is 1. The van der Waals surface area contributed by atoms with Gasteiger partial charge in [-0.3, -0.25) is 4.79 Å². The molecule has 1 atom stereocenters. The molecule has 2 saturated heterocycles. The van der Waals surface area contributed by atoms with Crippen molar-refractivity contribution in [3.63, 3.8) is 0 Å². The van der Waals surface area contributed by atoms with Gasteiger partial charge in [0.05, 0.1) is 39.2 Å². The molecule has 1 spiro atoms. The molecular weight excluding hydrogens is 336 g/mol. The van der Waals surface area contributed by atoms with Gasteiger partial charge in [-0.15, -0.1) is 0 Å². The molecule has 2 aromatic rings. The summed E-state index contributed by atoms with van der Waals surface area (Å²) in [6, 6.07) is 1.79. The molecule has 0 radical (unpaired) electrons. The summed E-state index contributed by atoms with van der Waals surface area (Å²) < 4.78 is 13.7. The zero-order chi connectivity index (χ0) is 18.0. The molecule has 1 unspecified atom stereocenters. The molecule has 0 aliphatic carbocycles. The van der Waals surface area contributed by atoms with E-state index in [0.29, 0.717) is 57.6 Å². The number of carbonyl (C=O) groups is 1. The van der Waals surface area contributed by atoms with Gasteiger partial charge in [0.15, 0.2) is 0 Å². The van der Waals surface area contributed by atoms with Crippen LogP contribution in [0.1, 0.15) is 10.5 Å². The molecule has 1 amide bonds. The van der Waals surface area contributed by atoms with Crippen LogP contribution in [-0.2, 0) is 16.5 Å². The van der Waals surface area contributed by atoms with Gasteiger partial charge in [0.25, 0.3) is 5.91 Å². The molecule has 2 aromatic heterocycles. The molecule has 0 bridgehead atoms. The van der Waals surface area contributed by atoms with Crippen LogP contribution in [0.4, 0.5) is 5.95 Å². The number of amides is 1. The lowest BCUT2D eigenvalue weighted by Gasteiger charge is -2.43. The number of imidazole rings is 1. The maximum atomic E-state index is 12.8. The Balaban J connectivity index is 1.53. The summed E-state index contributed by atoms with van der Waals surface area (Å²) in [5.41, 5.74) is -0.152. The predicted octanol–water partition coefficient (Wildman–Crippen LogP) is -0.0419. The Morgan fingerprint density at radius 2 is 2.00 bits per heavy atom. The van der Waals surface area contributed by atoms with Crippen molar-refractivity contribution in [3.05, 3.63) is 36.7 Å². The minimum Gasteiger partial charge on any atom is -0.376 e. The van der Waals surface area contributed by atoms with Crippen molar-refractivity contribution in [1.29, 1.82) is 0 Å². The van der Waals surface area contributed by atoms with Crippen LogP contribution in [0.3, 0.4) is 0 Å². The Labute approximate surface area is 151 Å². The highest BCUT2D eigenvalue weighted by molar-refractivity contribution is 5.92. The highest BCUT2D eigenvalue weighted by Gasteiger charge is 2.42. The van der Waals surface area contributed by atoms with Gasteiger partial charge in [-0.05, 0) is 6.07 Å². The lowest BCUT2D eigenvalue weighted by Crippen LogP contribution is -2.60. The van der Waals surface area contributed by atoms with Gasteiger partial charge in [0.1, 0.15) is 11.3 Å². The Morgan fingerprint density at radius 1 is 1.15 bits per heavy atom. The van der Waals surface area contributed by atoms with Gasteiger partial charge >= 0.3 is 0 Å². The van der Waals surface area contributed by atoms with E-state index < -0.39 is 5.60 Å². The molecule has 138 valence electrons. The third kappa shape index (κ3) is 3.40. The smallest absolute Gasteiger partial charge is 0.274 e. The molecule has 0 saturated carbocycles. The van der Waals surface area contributed by atoms with E-state index in [1.807, 2.05) is 7.05 Å².